The highest BCUT2D eigenvalue weighted by atomic mass is 35.5. The van der Waals surface area contributed by atoms with Gasteiger partial charge in [0.15, 0.2) is 0 Å². The standard InChI is InChI=1S/C10H6Cl2N2O2/c11-6-3-7(12)5-8(4-6)14-2-1-9(15)13-10(14)16/h1-5H,(H,13,15,16). The number of benzene rings is 1. The SMILES string of the molecule is O=c1ccn(-c2cc(Cl)cc(Cl)c2)c(=O)[nH]1. The molecule has 4 nitrogen and oxygen atoms in total. The Morgan fingerprint density at radius 3 is 2.25 bits per heavy atom. The molecule has 0 unspecified atom stereocenters. The molecule has 0 saturated carbocycles. The molecular formula is C10H6Cl2N2O2. The van der Waals surface area contributed by atoms with Gasteiger partial charge in [0, 0.05) is 22.3 Å². The monoisotopic (exact) mass is 256 g/mol. The lowest BCUT2D eigenvalue weighted by atomic mass is 10.3. The molecule has 0 amide bonds. The van der Waals surface area contributed by atoms with Crippen LogP contribution in [0.3, 0.4) is 0 Å². The number of halogens is 2. The zero-order valence-electron chi connectivity index (χ0n) is 7.91. The molecule has 0 bridgehead atoms. The van der Waals surface area contributed by atoms with Crippen molar-refractivity contribution < 1.29 is 0 Å². The summed E-state index contributed by atoms with van der Waals surface area (Å²) in [5.41, 5.74) is -0.487. The van der Waals surface area contributed by atoms with E-state index in [9.17, 15) is 9.59 Å². The van der Waals surface area contributed by atoms with E-state index < -0.39 is 11.2 Å². The Hall–Kier alpha value is -1.52. The second-order valence-corrected chi connectivity index (χ2v) is 3.98. The maximum Gasteiger partial charge on any atom is 0.332 e. The Bertz CT molecular complexity index is 626. The van der Waals surface area contributed by atoms with Crippen LogP contribution in [0.5, 0.6) is 0 Å². The van der Waals surface area contributed by atoms with Crippen LogP contribution in [0, 0.1) is 0 Å². The number of nitrogens with zero attached hydrogens (tertiary/aromatic N) is 1. The minimum absolute atomic E-state index is 0.417. The first-order valence-corrected chi connectivity index (χ1v) is 5.10. The predicted molar refractivity (Wildman–Crippen MR) is 62.7 cm³/mol. The normalized spacial score (nSPS) is 10.4. The zero-order valence-corrected chi connectivity index (χ0v) is 9.42. The first-order chi connectivity index (χ1) is 7.56. The van der Waals surface area contributed by atoms with E-state index in [0.717, 1.165) is 0 Å². The van der Waals surface area contributed by atoms with Gasteiger partial charge in [0.1, 0.15) is 0 Å². The molecule has 1 heterocycles. The van der Waals surface area contributed by atoms with E-state index in [0.29, 0.717) is 15.7 Å². The van der Waals surface area contributed by atoms with Gasteiger partial charge in [-0.2, -0.15) is 0 Å². The summed E-state index contributed by atoms with van der Waals surface area (Å²) < 4.78 is 1.25. The van der Waals surface area contributed by atoms with Gasteiger partial charge in [-0.15, -0.1) is 0 Å². The summed E-state index contributed by atoms with van der Waals surface area (Å²) in [5, 5.41) is 0.834. The number of hydrogen-bond acceptors (Lipinski definition) is 2. The van der Waals surface area contributed by atoms with Crippen molar-refractivity contribution >= 4 is 23.2 Å². The van der Waals surface area contributed by atoms with E-state index in [1.165, 1.54) is 16.8 Å². The maximum atomic E-state index is 11.5. The van der Waals surface area contributed by atoms with Crippen LogP contribution < -0.4 is 11.2 Å². The molecule has 0 radical (unpaired) electrons. The van der Waals surface area contributed by atoms with Crippen LogP contribution in [0.1, 0.15) is 0 Å². The maximum absolute atomic E-state index is 11.5. The Labute approximate surface area is 100 Å². The molecule has 2 aromatic rings. The smallest absolute Gasteiger partial charge is 0.274 e. The van der Waals surface area contributed by atoms with Crippen molar-refractivity contribution in [3.05, 3.63) is 61.3 Å². The Morgan fingerprint density at radius 2 is 1.69 bits per heavy atom. The number of H-pyrrole nitrogens is 1. The minimum atomic E-state index is -0.536. The number of hydrogen-bond donors (Lipinski definition) is 1. The molecule has 16 heavy (non-hydrogen) atoms. The number of aromatic amines is 1. The third-order valence-electron chi connectivity index (χ3n) is 1.95. The third kappa shape index (κ3) is 2.18. The average molecular weight is 257 g/mol. The van der Waals surface area contributed by atoms with Gasteiger partial charge >= 0.3 is 5.69 Å². The van der Waals surface area contributed by atoms with Crippen molar-refractivity contribution in [2.24, 2.45) is 0 Å². The largest absolute Gasteiger partial charge is 0.332 e. The number of aromatic nitrogens is 2. The minimum Gasteiger partial charge on any atom is -0.274 e. The highest BCUT2D eigenvalue weighted by Crippen LogP contribution is 2.20. The fourth-order valence-electron chi connectivity index (χ4n) is 1.30. The van der Waals surface area contributed by atoms with Gasteiger partial charge in [-0.05, 0) is 18.2 Å². The van der Waals surface area contributed by atoms with Crippen LogP contribution in [0.25, 0.3) is 5.69 Å². The summed E-state index contributed by atoms with van der Waals surface area (Å²) in [6, 6.07) is 5.96. The van der Waals surface area contributed by atoms with Crippen LogP contribution in [0.4, 0.5) is 0 Å². The fourth-order valence-corrected chi connectivity index (χ4v) is 1.81. The molecular weight excluding hydrogens is 251 g/mol. The third-order valence-corrected chi connectivity index (χ3v) is 2.39. The van der Waals surface area contributed by atoms with Crippen molar-refractivity contribution in [2.75, 3.05) is 0 Å². The molecule has 0 fully saturated rings. The van der Waals surface area contributed by atoms with Crippen molar-refractivity contribution in [1.29, 1.82) is 0 Å². The van der Waals surface area contributed by atoms with Gasteiger partial charge in [-0.1, -0.05) is 23.2 Å². The molecule has 0 saturated heterocycles. The molecule has 0 spiro atoms. The van der Waals surface area contributed by atoms with Gasteiger partial charge in [0.25, 0.3) is 5.56 Å². The lowest BCUT2D eigenvalue weighted by Gasteiger charge is -2.05. The molecule has 0 atom stereocenters. The van der Waals surface area contributed by atoms with Gasteiger partial charge < -0.3 is 0 Å². The summed E-state index contributed by atoms with van der Waals surface area (Å²) in [6.07, 6.45) is 1.36. The molecule has 1 aromatic carbocycles. The van der Waals surface area contributed by atoms with Gasteiger partial charge in [0.05, 0.1) is 5.69 Å². The highest BCUT2D eigenvalue weighted by Gasteiger charge is 2.02. The second kappa shape index (κ2) is 4.15. The van der Waals surface area contributed by atoms with Gasteiger partial charge in [-0.3, -0.25) is 14.3 Å². The summed E-state index contributed by atoms with van der Waals surface area (Å²) in [6.45, 7) is 0. The van der Waals surface area contributed by atoms with E-state index in [2.05, 4.69) is 4.98 Å². The topological polar surface area (TPSA) is 54.9 Å². The first-order valence-electron chi connectivity index (χ1n) is 4.35. The van der Waals surface area contributed by atoms with E-state index >= 15 is 0 Å². The van der Waals surface area contributed by atoms with Crippen LogP contribution in [-0.4, -0.2) is 9.55 Å². The Morgan fingerprint density at radius 1 is 1.06 bits per heavy atom. The first kappa shape index (κ1) is 11.0. The zero-order chi connectivity index (χ0) is 11.7. The van der Waals surface area contributed by atoms with E-state index in [-0.39, 0.29) is 0 Å². The van der Waals surface area contributed by atoms with E-state index in [1.807, 2.05) is 0 Å². The Kier molecular flexibility index (Phi) is 2.85. The van der Waals surface area contributed by atoms with Crippen molar-refractivity contribution in [3.8, 4) is 5.69 Å². The van der Waals surface area contributed by atoms with Crippen LogP contribution in [0.2, 0.25) is 10.0 Å². The second-order valence-electron chi connectivity index (χ2n) is 3.11. The molecule has 6 heteroatoms. The summed E-state index contributed by atoms with van der Waals surface area (Å²) >= 11 is 11.6. The van der Waals surface area contributed by atoms with Crippen LogP contribution in [0.15, 0.2) is 40.1 Å². The fraction of sp³-hybridized carbons (Fsp3) is 0. The summed E-state index contributed by atoms with van der Waals surface area (Å²) in [4.78, 5) is 24.5. The molecule has 0 aliphatic carbocycles. The summed E-state index contributed by atoms with van der Waals surface area (Å²) in [5.74, 6) is 0. The Balaban J connectivity index is 2.67. The predicted octanol–water partition coefficient (Wildman–Crippen LogP) is 1.83. The van der Waals surface area contributed by atoms with Crippen LogP contribution in [-0.2, 0) is 0 Å². The van der Waals surface area contributed by atoms with Gasteiger partial charge in [-0.25, -0.2) is 4.79 Å². The van der Waals surface area contributed by atoms with Crippen LogP contribution >= 0.6 is 23.2 Å². The number of nitrogens with one attached hydrogen (secondary N) is 1. The molecule has 1 N–H and O–H groups in total. The van der Waals surface area contributed by atoms with E-state index in [4.69, 9.17) is 23.2 Å². The average Bonchev–Trinajstić information content (AvgIpc) is 2.15. The van der Waals surface area contributed by atoms with E-state index in [1.54, 1.807) is 18.2 Å². The van der Waals surface area contributed by atoms with Crippen molar-refractivity contribution in [2.45, 2.75) is 0 Å². The molecule has 2 rings (SSSR count). The molecule has 1 aromatic heterocycles. The molecule has 0 aliphatic rings. The number of rotatable bonds is 1. The summed E-state index contributed by atoms with van der Waals surface area (Å²) in [7, 11) is 0. The van der Waals surface area contributed by atoms with Crippen molar-refractivity contribution in [1.82, 2.24) is 9.55 Å². The highest BCUT2D eigenvalue weighted by molar-refractivity contribution is 6.34. The lowest BCUT2D eigenvalue weighted by Crippen LogP contribution is -2.27. The quantitative estimate of drug-likeness (QED) is 0.847. The van der Waals surface area contributed by atoms with Gasteiger partial charge in [0.2, 0.25) is 0 Å². The molecule has 82 valence electrons. The van der Waals surface area contributed by atoms with Crippen molar-refractivity contribution in [3.63, 3.8) is 0 Å². The molecule has 0 aliphatic heterocycles. The lowest BCUT2D eigenvalue weighted by molar-refractivity contribution is 0.896.